The first-order chi connectivity index (χ1) is 8.62. The highest BCUT2D eigenvalue weighted by atomic mass is 32.2. The molecule has 4 heteroatoms. The molecule has 18 heavy (non-hydrogen) atoms. The SMILES string of the molecule is CCCCCCCCCCS(=O)(=O)OCCCC. The fourth-order valence-electron chi connectivity index (χ4n) is 1.80. The maximum atomic E-state index is 11.5. The molecule has 3 nitrogen and oxygen atoms in total. The third kappa shape index (κ3) is 12.4. The van der Waals surface area contributed by atoms with Crippen LogP contribution in [-0.4, -0.2) is 20.8 Å². The van der Waals surface area contributed by atoms with Gasteiger partial charge in [-0.25, -0.2) is 0 Å². The first-order valence-electron chi connectivity index (χ1n) is 7.49. The lowest BCUT2D eigenvalue weighted by Gasteiger charge is -2.05. The zero-order valence-corrected chi connectivity index (χ0v) is 12.9. The monoisotopic (exact) mass is 278 g/mol. The summed E-state index contributed by atoms with van der Waals surface area (Å²) in [4.78, 5) is 0. The van der Waals surface area contributed by atoms with Crippen molar-refractivity contribution in [3.63, 3.8) is 0 Å². The summed E-state index contributed by atoms with van der Waals surface area (Å²) in [5.41, 5.74) is 0. The van der Waals surface area contributed by atoms with Crippen molar-refractivity contribution in [3.05, 3.63) is 0 Å². The quantitative estimate of drug-likeness (QED) is 0.373. The van der Waals surface area contributed by atoms with Gasteiger partial charge in [0.2, 0.25) is 0 Å². The van der Waals surface area contributed by atoms with Crippen LogP contribution in [0.2, 0.25) is 0 Å². The van der Waals surface area contributed by atoms with Crippen LogP contribution in [0, 0.1) is 0 Å². The van der Waals surface area contributed by atoms with Gasteiger partial charge in [0.05, 0.1) is 12.4 Å². The molecule has 0 rings (SSSR count). The molecule has 0 bridgehead atoms. The normalized spacial score (nSPS) is 11.9. The predicted octanol–water partition coefficient (Wildman–Crippen LogP) is 4.27. The van der Waals surface area contributed by atoms with E-state index < -0.39 is 10.1 Å². The highest BCUT2D eigenvalue weighted by molar-refractivity contribution is 7.86. The standard InChI is InChI=1S/C14H30O3S/c1-3-5-7-8-9-10-11-12-14-18(15,16)17-13-6-4-2/h3-14H2,1-2H3. The van der Waals surface area contributed by atoms with Crippen LogP contribution in [0.5, 0.6) is 0 Å². The van der Waals surface area contributed by atoms with Crippen molar-refractivity contribution in [1.82, 2.24) is 0 Å². The zero-order chi connectivity index (χ0) is 13.7. The first-order valence-corrected chi connectivity index (χ1v) is 9.07. The van der Waals surface area contributed by atoms with E-state index in [1.165, 1.54) is 32.1 Å². The minimum atomic E-state index is -3.26. The Morgan fingerprint density at radius 1 is 0.722 bits per heavy atom. The lowest BCUT2D eigenvalue weighted by Crippen LogP contribution is -2.11. The van der Waals surface area contributed by atoms with Crippen molar-refractivity contribution in [2.75, 3.05) is 12.4 Å². The van der Waals surface area contributed by atoms with Crippen molar-refractivity contribution in [1.29, 1.82) is 0 Å². The highest BCUT2D eigenvalue weighted by Crippen LogP contribution is 2.09. The fourth-order valence-corrected chi connectivity index (χ4v) is 2.85. The lowest BCUT2D eigenvalue weighted by molar-refractivity contribution is 0.310. The summed E-state index contributed by atoms with van der Waals surface area (Å²) in [6.07, 6.45) is 11.1. The van der Waals surface area contributed by atoms with Gasteiger partial charge in [-0.2, -0.15) is 8.42 Å². The van der Waals surface area contributed by atoms with Gasteiger partial charge in [-0.05, 0) is 12.8 Å². The van der Waals surface area contributed by atoms with Crippen molar-refractivity contribution in [3.8, 4) is 0 Å². The topological polar surface area (TPSA) is 43.4 Å². The first kappa shape index (κ1) is 17.9. The van der Waals surface area contributed by atoms with Gasteiger partial charge in [0.15, 0.2) is 0 Å². The number of rotatable bonds is 13. The Morgan fingerprint density at radius 2 is 1.22 bits per heavy atom. The third-order valence-electron chi connectivity index (χ3n) is 3.01. The number of unbranched alkanes of at least 4 members (excludes halogenated alkanes) is 8. The molecule has 0 aliphatic heterocycles. The van der Waals surface area contributed by atoms with Crippen LogP contribution in [0.4, 0.5) is 0 Å². The van der Waals surface area contributed by atoms with Crippen LogP contribution in [0.25, 0.3) is 0 Å². The van der Waals surface area contributed by atoms with Gasteiger partial charge in [0, 0.05) is 0 Å². The summed E-state index contributed by atoms with van der Waals surface area (Å²) in [7, 11) is -3.26. The average molecular weight is 278 g/mol. The number of hydrogen-bond acceptors (Lipinski definition) is 3. The summed E-state index contributed by atoms with van der Waals surface area (Å²) < 4.78 is 27.8. The van der Waals surface area contributed by atoms with Crippen molar-refractivity contribution in [2.45, 2.75) is 78.1 Å². The van der Waals surface area contributed by atoms with E-state index in [9.17, 15) is 8.42 Å². The van der Waals surface area contributed by atoms with Crippen molar-refractivity contribution < 1.29 is 12.6 Å². The molecule has 0 atom stereocenters. The summed E-state index contributed by atoms with van der Waals surface area (Å²) >= 11 is 0. The second-order valence-corrected chi connectivity index (χ2v) is 6.67. The summed E-state index contributed by atoms with van der Waals surface area (Å²) in [6, 6.07) is 0. The van der Waals surface area contributed by atoms with Crippen LogP contribution < -0.4 is 0 Å². The zero-order valence-electron chi connectivity index (χ0n) is 12.1. The molecule has 0 aromatic heterocycles. The summed E-state index contributed by atoms with van der Waals surface area (Å²) in [5, 5.41) is 0. The molecular formula is C14H30O3S. The van der Waals surface area contributed by atoms with Gasteiger partial charge in [-0.1, -0.05) is 65.2 Å². The Labute approximate surface area is 113 Å². The lowest BCUT2D eigenvalue weighted by atomic mass is 10.1. The smallest absolute Gasteiger partial charge is 0.267 e. The maximum absolute atomic E-state index is 11.5. The number of hydrogen-bond donors (Lipinski definition) is 0. The molecule has 0 aliphatic rings. The molecule has 0 amide bonds. The van der Waals surface area contributed by atoms with E-state index in [-0.39, 0.29) is 5.75 Å². The Bertz CT molecular complexity index is 260. The molecule has 0 heterocycles. The largest absolute Gasteiger partial charge is 0.270 e. The molecule has 0 aliphatic carbocycles. The van der Waals surface area contributed by atoms with Gasteiger partial charge >= 0.3 is 0 Å². The Hall–Kier alpha value is -0.0900. The summed E-state index contributed by atoms with van der Waals surface area (Å²) in [6.45, 7) is 4.58. The molecule has 0 saturated heterocycles. The molecule has 0 unspecified atom stereocenters. The van der Waals surface area contributed by atoms with E-state index in [1.54, 1.807) is 0 Å². The molecule has 0 saturated carbocycles. The van der Waals surface area contributed by atoms with E-state index in [0.29, 0.717) is 6.61 Å². The molecule has 0 spiro atoms. The molecular weight excluding hydrogens is 248 g/mol. The molecule has 110 valence electrons. The minimum Gasteiger partial charge on any atom is -0.270 e. The van der Waals surface area contributed by atoms with Crippen LogP contribution in [-0.2, 0) is 14.3 Å². The van der Waals surface area contributed by atoms with Gasteiger partial charge in [0.1, 0.15) is 0 Å². The molecule has 0 fully saturated rings. The Kier molecular flexibility index (Phi) is 11.9. The fraction of sp³-hybridized carbons (Fsp3) is 1.00. The van der Waals surface area contributed by atoms with E-state index in [2.05, 4.69) is 6.92 Å². The van der Waals surface area contributed by atoms with Crippen LogP contribution in [0.1, 0.15) is 78.1 Å². The average Bonchev–Trinajstić information content (AvgIpc) is 2.33. The molecule has 0 aromatic rings. The van der Waals surface area contributed by atoms with E-state index in [4.69, 9.17) is 4.18 Å². The Morgan fingerprint density at radius 3 is 1.78 bits per heavy atom. The Balaban J connectivity index is 3.36. The van der Waals surface area contributed by atoms with Crippen LogP contribution in [0.15, 0.2) is 0 Å². The summed E-state index contributed by atoms with van der Waals surface area (Å²) in [5.74, 6) is 0.186. The van der Waals surface area contributed by atoms with Crippen LogP contribution in [0.3, 0.4) is 0 Å². The second kappa shape index (κ2) is 12.0. The van der Waals surface area contributed by atoms with E-state index in [0.717, 1.165) is 32.1 Å². The molecule has 0 N–H and O–H groups in total. The highest BCUT2D eigenvalue weighted by Gasteiger charge is 2.09. The van der Waals surface area contributed by atoms with Crippen molar-refractivity contribution >= 4 is 10.1 Å². The van der Waals surface area contributed by atoms with E-state index >= 15 is 0 Å². The minimum absolute atomic E-state index is 0.186. The molecule has 0 radical (unpaired) electrons. The second-order valence-electron chi connectivity index (χ2n) is 4.91. The van der Waals surface area contributed by atoms with Crippen molar-refractivity contribution in [2.24, 2.45) is 0 Å². The van der Waals surface area contributed by atoms with Crippen LogP contribution >= 0.6 is 0 Å². The van der Waals surface area contributed by atoms with Gasteiger partial charge in [-0.3, -0.25) is 4.18 Å². The maximum Gasteiger partial charge on any atom is 0.267 e. The van der Waals surface area contributed by atoms with Gasteiger partial charge < -0.3 is 0 Å². The predicted molar refractivity (Wildman–Crippen MR) is 77.3 cm³/mol. The van der Waals surface area contributed by atoms with Gasteiger partial charge in [0.25, 0.3) is 10.1 Å². The molecule has 0 aromatic carbocycles. The van der Waals surface area contributed by atoms with Gasteiger partial charge in [-0.15, -0.1) is 0 Å². The van der Waals surface area contributed by atoms with E-state index in [1.807, 2.05) is 6.92 Å². The third-order valence-corrected chi connectivity index (χ3v) is 4.32.